The lowest BCUT2D eigenvalue weighted by atomic mass is 9.36. The van der Waals surface area contributed by atoms with E-state index in [0.29, 0.717) is 11.5 Å². The first kappa shape index (κ1) is 20.7. The van der Waals surface area contributed by atoms with Crippen molar-refractivity contribution in [1.82, 2.24) is 0 Å². The van der Waals surface area contributed by atoms with Crippen LogP contribution in [0.15, 0.2) is 23.8 Å². The second kappa shape index (κ2) is 6.72. The van der Waals surface area contributed by atoms with Crippen LogP contribution in [0.4, 0.5) is 0 Å². The summed E-state index contributed by atoms with van der Waals surface area (Å²) >= 11 is 0. The summed E-state index contributed by atoms with van der Waals surface area (Å²) in [5, 5.41) is 10.1. The summed E-state index contributed by atoms with van der Waals surface area (Å²) < 4.78 is 5.98. The van der Waals surface area contributed by atoms with Crippen molar-refractivity contribution in [3.8, 4) is 0 Å². The minimum absolute atomic E-state index is 0.0524. The second-order valence-electron chi connectivity index (χ2n) is 10.9. The molecule has 1 spiro atoms. The number of esters is 1. The van der Waals surface area contributed by atoms with Crippen molar-refractivity contribution in [1.29, 1.82) is 0 Å². The average Bonchev–Trinajstić information content (AvgIpc) is 2.66. The maximum atomic E-state index is 12.4. The molecule has 1 N–H and O–H groups in total. The molecule has 0 amide bonds. The Labute approximate surface area is 174 Å². The van der Waals surface area contributed by atoms with Gasteiger partial charge in [-0.3, -0.25) is 4.79 Å². The third-order valence-corrected chi connectivity index (χ3v) is 9.59. The van der Waals surface area contributed by atoms with Crippen molar-refractivity contribution >= 4 is 11.9 Å². The third kappa shape index (κ3) is 2.84. The fourth-order valence-corrected chi connectivity index (χ4v) is 8.02. The van der Waals surface area contributed by atoms with E-state index in [2.05, 4.69) is 13.5 Å². The predicted octanol–water partition coefficient (Wildman–Crippen LogP) is 5.53. The molecule has 160 valence electrons. The van der Waals surface area contributed by atoms with E-state index < -0.39 is 11.4 Å². The van der Waals surface area contributed by atoms with Crippen LogP contribution >= 0.6 is 0 Å². The number of allylic oxidation sites excluding steroid dienone is 1. The number of rotatable bonds is 3. The maximum absolute atomic E-state index is 12.4. The Kier molecular flexibility index (Phi) is 4.79. The first-order valence-electron chi connectivity index (χ1n) is 11.3. The summed E-state index contributed by atoms with van der Waals surface area (Å²) in [5.74, 6) is 0.117. The Hall–Kier alpha value is -1.58. The minimum atomic E-state index is -0.622. The van der Waals surface area contributed by atoms with Gasteiger partial charge in [-0.05, 0) is 88.4 Å². The number of fused-ring (bicyclic) bond motifs is 3. The van der Waals surface area contributed by atoms with Gasteiger partial charge < -0.3 is 9.84 Å². The topological polar surface area (TPSA) is 63.6 Å². The van der Waals surface area contributed by atoms with Crippen molar-refractivity contribution in [2.75, 3.05) is 0 Å². The molecule has 5 fully saturated rings. The molecule has 5 rings (SSSR count). The predicted molar refractivity (Wildman–Crippen MR) is 112 cm³/mol. The van der Waals surface area contributed by atoms with Gasteiger partial charge in [0.2, 0.25) is 0 Å². The Morgan fingerprint density at radius 2 is 1.93 bits per heavy atom. The zero-order chi connectivity index (χ0) is 21.2. The van der Waals surface area contributed by atoms with Gasteiger partial charge in [-0.2, -0.15) is 0 Å². The van der Waals surface area contributed by atoms with Gasteiger partial charge in [0.15, 0.2) is 0 Å². The molecule has 0 aromatic rings. The number of aliphatic carboxylic acids is 1. The first-order valence-corrected chi connectivity index (χ1v) is 11.3. The van der Waals surface area contributed by atoms with Crippen molar-refractivity contribution in [2.45, 2.75) is 85.2 Å². The maximum Gasteiger partial charge on any atom is 0.333 e. The number of carboxylic acids is 1. The van der Waals surface area contributed by atoms with Gasteiger partial charge in [0.05, 0.1) is 5.41 Å². The first-order chi connectivity index (χ1) is 13.6. The molecular formula is C25H36O4. The lowest BCUT2D eigenvalue weighted by molar-refractivity contribution is -0.207. The molecule has 5 aliphatic rings. The Morgan fingerprint density at radius 3 is 2.59 bits per heavy atom. The largest absolute Gasteiger partial charge is 0.481 e. The highest BCUT2D eigenvalue weighted by atomic mass is 16.5. The molecule has 0 aromatic carbocycles. The van der Waals surface area contributed by atoms with E-state index in [0.717, 1.165) is 51.4 Å². The third-order valence-electron chi connectivity index (χ3n) is 9.59. The standard InChI is InChI=1S/C25H36O4/c1-6-15(2)21(26)29-18-14-25-11-8-19-23(4,9-7-10-24(19,5)22(27)28)20(25)12-17(18)16(3)13-25/h6,17-20H,3,7-14H2,1-2,4-5H3,(H,27,28)/b15-6+/t17-,18+,19+,20-,23+,24+,25+/m0/s1. The van der Waals surface area contributed by atoms with E-state index in [-0.39, 0.29) is 34.7 Å². The lowest BCUT2D eigenvalue weighted by Crippen LogP contribution is -2.63. The normalized spacial score (nSPS) is 46.6. The van der Waals surface area contributed by atoms with Gasteiger partial charge >= 0.3 is 11.9 Å². The molecule has 0 aliphatic heterocycles. The van der Waals surface area contributed by atoms with Gasteiger partial charge in [0.1, 0.15) is 6.10 Å². The van der Waals surface area contributed by atoms with Crippen LogP contribution in [0.5, 0.6) is 0 Å². The molecule has 5 saturated carbocycles. The highest BCUT2D eigenvalue weighted by molar-refractivity contribution is 5.87. The summed E-state index contributed by atoms with van der Waals surface area (Å²) in [4.78, 5) is 24.7. The summed E-state index contributed by atoms with van der Waals surface area (Å²) in [6.45, 7) is 12.4. The molecule has 5 aliphatic carbocycles. The average molecular weight is 401 g/mol. The summed E-state index contributed by atoms with van der Waals surface area (Å²) in [5.41, 5.74) is 1.45. The number of hydrogen-bond donors (Lipinski definition) is 1. The molecule has 0 aromatic heterocycles. The second-order valence-corrected chi connectivity index (χ2v) is 10.9. The van der Waals surface area contributed by atoms with E-state index >= 15 is 0 Å². The molecule has 0 radical (unpaired) electrons. The molecule has 29 heavy (non-hydrogen) atoms. The van der Waals surface area contributed by atoms with Gasteiger partial charge in [-0.25, -0.2) is 4.79 Å². The quantitative estimate of drug-likeness (QED) is 0.384. The Morgan fingerprint density at radius 1 is 1.21 bits per heavy atom. The molecule has 0 saturated heterocycles. The Balaban J connectivity index is 1.65. The van der Waals surface area contributed by atoms with Gasteiger partial charge in [-0.1, -0.05) is 31.6 Å². The van der Waals surface area contributed by atoms with Crippen LogP contribution in [0.3, 0.4) is 0 Å². The molecule has 4 nitrogen and oxygen atoms in total. The number of carbonyl (C=O) groups excluding carboxylic acids is 1. The number of hydrogen-bond acceptors (Lipinski definition) is 3. The lowest BCUT2D eigenvalue weighted by Gasteiger charge is -2.68. The summed E-state index contributed by atoms with van der Waals surface area (Å²) in [7, 11) is 0. The number of ether oxygens (including phenoxy) is 1. The summed E-state index contributed by atoms with van der Waals surface area (Å²) in [6.07, 6.45) is 9.55. The van der Waals surface area contributed by atoms with Gasteiger partial charge in [0.25, 0.3) is 0 Å². The fourth-order valence-electron chi connectivity index (χ4n) is 8.02. The van der Waals surface area contributed by atoms with Crippen molar-refractivity contribution in [2.24, 2.45) is 34.0 Å². The molecule has 0 unspecified atom stereocenters. The SMILES string of the molecule is C=C1C[C@@]23CC[C@@H]4[C@@](C)(CCC[C@@]4(C)C(=O)O)[C@@H]2C[C@@H]1[C@H](OC(=O)/C(C)=C/C)C3. The van der Waals surface area contributed by atoms with Crippen LogP contribution < -0.4 is 0 Å². The monoisotopic (exact) mass is 400 g/mol. The fraction of sp³-hybridized carbons (Fsp3) is 0.760. The zero-order valence-electron chi connectivity index (χ0n) is 18.4. The van der Waals surface area contributed by atoms with Crippen LogP contribution in [-0.2, 0) is 14.3 Å². The molecule has 7 atom stereocenters. The van der Waals surface area contributed by atoms with Crippen molar-refractivity contribution < 1.29 is 19.4 Å². The zero-order valence-corrected chi connectivity index (χ0v) is 18.4. The summed E-state index contributed by atoms with van der Waals surface area (Å²) in [6, 6.07) is 0. The van der Waals surface area contributed by atoms with E-state index in [1.54, 1.807) is 13.0 Å². The van der Waals surface area contributed by atoms with Gasteiger partial charge in [-0.15, -0.1) is 0 Å². The van der Waals surface area contributed by atoms with Crippen LogP contribution in [0, 0.1) is 34.0 Å². The van der Waals surface area contributed by atoms with E-state index in [9.17, 15) is 14.7 Å². The number of carboxylic acid groups (broad SMARTS) is 1. The molecule has 4 heteroatoms. The smallest absolute Gasteiger partial charge is 0.333 e. The number of carbonyl (C=O) groups is 2. The van der Waals surface area contributed by atoms with Gasteiger partial charge in [0, 0.05) is 11.5 Å². The minimum Gasteiger partial charge on any atom is -0.481 e. The van der Waals surface area contributed by atoms with Crippen LogP contribution in [0.25, 0.3) is 0 Å². The highest BCUT2D eigenvalue weighted by Crippen LogP contribution is 2.72. The highest BCUT2D eigenvalue weighted by Gasteiger charge is 2.66. The van der Waals surface area contributed by atoms with E-state index in [4.69, 9.17) is 4.74 Å². The molecule has 2 bridgehead atoms. The van der Waals surface area contributed by atoms with Crippen LogP contribution in [0.1, 0.15) is 79.1 Å². The molecule has 0 heterocycles. The van der Waals surface area contributed by atoms with Crippen molar-refractivity contribution in [3.05, 3.63) is 23.8 Å². The van der Waals surface area contributed by atoms with Crippen LogP contribution in [0.2, 0.25) is 0 Å². The van der Waals surface area contributed by atoms with E-state index in [1.165, 1.54) is 5.57 Å². The van der Waals surface area contributed by atoms with Crippen molar-refractivity contribution in [3.63, 3.8) is 0 Å². The van der Waals surface area contributed by atoms with E-state index in [1.807, 2.05) is 13.8 Å². The molecular weight excluding hydrogens is 364 g/mol. The van der Waals surface area contributed by atoms with Crippen LogP contribution in [-0.4, -0.2) is 23.1 Å². The Bertz CT molecular complexity index is 782.